The lowest BCUT2D eigenvalue weighted by molar-refractivity contribution is 0.102. The molecule has 0 aliphatic carbocycles. The van der Waals surface area contributed by atoms with Gasteiger partial charge in [-0.15, -0.1) is 0 Å². The Morgan fingerprint density at radius 2 is 2.16 bits per heavy atom. The number of nitrogens with zero attached hydrogens (tertiary/aromatic N) is 2. The van der Waals surface area contributed by atoms with Crippen molar-refractivity contribution in [3.05, 3.63) is 54.0 Å². The second-order valence-electron chi connectivity index (χ2n) is 4.08. The van der Waals surface area contributed by atoms with Gasteiger partial charge in [-0.25, -0.2) is 9.97 Å². The zero-order chi connectivity index (χ0) is 13.2. The van der Waals surface area contributed by atoms with Crippen LogP contribution in [-0.2, 0) is 0 Å². The molecule has 0 unspecified atom stereocenters. The van der Waals surface area contributed by atoms with Gasteiger partial charge < -0.3 is 9.73 Å². The van der Waals surface area contributed by atoms with Crippen LogP contribution >= 0.6 is 0 Å². The van der Waals surface area contributed by atoms with Crippen LogP contribution in [0.15, 0.2) is 47.0 Å². The molecule has 94 valence electrons. The molecule has 0 atom stereocenters. The van der Waals surface area contributed by atoms with E-state index in [0.717, 1.165) is 0 Å². The second kappa shape index (κ2) is 4.53. The molecule has 1 aromatic carbocycles. The molecule has 1 N–H and O–H groups in total. The Labute approximate surface area is 109 Å². The summed E-state index contributed by atoms with van der Waals surface area (Å²) in [5.74, 6) is 0.877. The van der Waals surface area contributed by atoms with E-state index in [0.29, 0.717) is 28.4 Å². The Balaban J connectivity index is 1.89. The lowest BCUT2D eigenvalue weighted by Gasteiger charge is -2.03. The molecule has 0 bridgehead atoms. The molecule has 2 aromatic heterocycles. The number of carbonyl (C=O) groups excluding carboxylic acids is 1. The van der Waals surface area contributed by atoms with Gasteiger partial charge in [-0.05, 0) is 30.3 Å². The molecule has 3 rings (SSSR count). The summed E-state index contributed by atoms with van der Waals surface area (Å²) in [4.78, 5) is 20.3. The summed E-state index contributed by atoms with van der Waals surface area (Å²) in [7, 11) is 0. The number of pyridine rings is 1. The summed E-state index contributed by atoms with van der Waals surface area (Å²) in [6.07, 6.45) is 1.62. The number of hydrogen-bond acceptors (Lipinski definition) is 4. The first-order valence-corrected chi connectivity index (χ1v) is 5.82. The summed E-state index contributed by atoms with van der Waals surface area (Å²) in [6, 6.07) is 10.5. The van der Waals surface area contributed by atoms with Gasteiger partial charge in [0.05, 0.1) is 0 Å². The number of oxazole rings is 1. The third kappa shape index (κ3) is 2.30. The molecule has 2 heterocycles. The minimum Gasteiger partial charge on any atom is -0.441 e. The van der Waals surface area contributed by atoms with Crippen LogP contribution in [0.25, 0.3) is 11.1 Å². The zero-order valence-corrected chi connectivity index (χ0v) is 10.3. The molecule has 19 heavy (non-hydrogen) atoms. The molecule has 0 saturated carbocycles. The van der Waals surface area contributed by atoms with Crippen molar-refractivity contribution in [3.63, 3.8) is 0 Å². The van der Waals surface area contributed by atoms with Gasteiger partial charge >= 0.3 is 0 Å². The molecule has 0 radical (unpaired) electrons. The van der Waals surface area contributed by atoms with Crippen LogP contribution in [0.3, 0.4) is 0 Å². The number of fused-ring (bicyclic) bond motifs is 1. The van der Waals surface area contributed by atoms with Crippen LogP contribution < -0.4 is 5.32 Å². The number of benzene rings is 1. The van der Waals surface area contributed by atoms with Gasteiger partial charge in [0, 0.05) is 18.7 Å². The van der Waals surface area contributed by atoms with Crippen LogP contribution in [0.2, 0.25) is 0 Å². The fourth-order valence-electron chi connectivity index (χ4n) is 1.81. The van der Waals surface area contributed by atoms with E-state index in [2.05, 4.69) is 15.3 Å². The molecule has 0 fully saturated rings. The van der Waals surface area contributed by atoms with Gasteiger partial charge in [0.2, 0.25) is 0 Å². The zero-order valence-electron chi connectivity index (χ0n) is 10.3. The molecular weight excluding hydrogens is 242 g/mol. The lowest BCUT2D eigenvalue weighted by Crippen LogP contribution is -2.12. The number of carbonyl (C=O) groups is 1. The molecule has 1 amide bonds. The quantitative estimate of drug-likeness (QED) is 0.762. The van der Waals surface area contributed by atoms with Crippen molar-refractivity contribution in [1.29, 1.82) is 0 Å². The normalized spacial score (nSPS) is 10.6. The van der Waals surface area contributed by atoms with Crippen molar-refractivity contribution in [2.75, 3.05) is 5.32 Å². The highest BCUT2D eigenvalue weighted by molar-refractivity contribution is 6.05. The van der Waals surface area contributed by atoms with E-state index < -0.39 is 0 Å². The van der Waals surface area contributed by atoms with Crippen molar-refractivity contribution in [2.45, 2.75) is 6.92 Å². The predicted octanol–water partition coefficient (Wildman–Crippen LogP) is 2.78. The monoisotopic (exact) mass is 253 g/mol. The number of amides is 1. The molecule has 0 aliphatic heterocycles. The number of hydrogen-bond donors (Lipinski definition) is 1. The van der Waals surface area contributed by atoms with Crippen LogP contribution in [0.5, 0.6) is 0 Å². The summed E-state index contributed by atoms with van der Waals surface area (Å²) < 4.78 is 5.37. The van der Waals surface area contributed by atoms with Gasteiger partial charge in [-0.3, -0.25) is 4.79 Å². The van der Waals surface area contributed by atoms with Gasteiger partial charge in [-0.2, -0.15) is 0 Å². The Kier molecular flexibility index (Phi) is 2.72. The first-order chi connectivity index (χ1) is 9.22. The Hall–Kier alpha value is -2.69. The van der Waals surface area contributed by atoms with Crippen LogP contribution in [0, 0.1) is 6.92 Å². The van der Waals surface area contributed by atoms with Crippen molar-refractivity contribution in [1.82, 2.24) is 9.97 Å². The molecule has 3 aromatic rings. The number of anilines is 1. The molecule has 5 heteroatoms. The molecule has 0 saturated heterocycles. The first kappa shape index (κ1) is 11.4. The van der Waals surface area contributed by atoms with E-state index in [9.17, 15) is 4.79 Å². The predicted molar refractivity (Wildman–Crippen MR) is 70.9 cm³/mol. The largest absolute Gasteiger partial charge is 0.441 e. The third-order valence-electron chi connectivity index (χ3n) is 2.66. The van der Waals surface area contributed by atoms with Crippen LogP contribution in [-0.4, -0.2) is 15.9 Å². The van der Waals surface area contributed by atoms with E-state index in [1.807, 2.05) is 6.07 Å². The van der Waals surface area contributed by atoms with Crippen LogP contribution in [0.4, 0.5) is 5.82 Å². The van der Waals surface area contributed by atoms with Gasteiger partial charge in [-0.1, -0.05) is 6.07 Å². The number of rotatable bonds is 2. The summed E-state index contributed by atoms with van der Waals surface area (Å²) in [6.45, 7) is 1.77. The Morgan fingerprint density at radius 1 is 1.26 bits per heavy atom. The maximum atomic E-state index is 12.1. The highest BCUT2D eigenvalue weighted by Crippen LogP contribution is 2.17. The number of aryl methyl sites for hydroxylation is 1. The number of nitrogens with one attached hydrogen (secondary N) is 1. The third-order valence-corrected chi connectivity index (χ3v) is 2.66. The molecule has 0 aliphatic rings. The van der Waals surface area contributed by atoms with E-state index in [1.54, 1.807) is 43.5 Å². The minimum absolute atomic E-state index is 0.221. The molecular formula is C14H11N3O2. The van der Waals surface area contributed by atoms with E-state index in [-0.39, 0.29) is 5.91 Å². The highest BCUT2D eigenvalue weighted by atomic mass is 16.3. The SMILES string of the molecule is Cc1nc2cc(C(=O)Nc3ccccn3)ccc2o1. The topological polar surface area (TPSA) is 68.0 Å². The molecule has 0 spiro atoms. The van der Waals surface area contributed by atoms with Gasteiger partial charge in [0.15, 0.2) is 11.5 Å². The Morgan fingerprint density at radius 3 is 2.95 bits per heavy atom. The van der Waals surface area contributed by atoms with E-state index in [4.69, 9.17) is 4.42 Å². The van der Waals surface area contributed by atoms with E-state index in [1.165, 1.54) is 0 Å². The number of aromatic nitrogens is 2. The average Bonchev–Trinajstić information content (AvgIpc) is 2.78. The van der Waals surface area contributed by atoms with Crippen molar-refractivity contribution >= 4 is 22.8 Å². The van der Waals surface area contributed by atoms with Crippen molar-refractivity contribution in [2.24, 2.45) is 0 Å². The lowest BCUT2D eigenvalue weighted by atomic mass is 10.2. The van der Waals surface area contributed by atoms with Gasteiger partial charge in [0.1, 0.15) is 11.3 Å². The van der Waals surface area contributed by atoms with E-state index >= 15 is 0 Å². The standard InChI is InChI=1S/C14H11N3O2/c1-9-16-11-8-10(5-6-12(11)19-9)14(18)17-13-4-2-3-7-15-13/h2-8H,1H3,(H,15,17,18). The first-order valence-electron chi connectivity index (χ1n) is 5.82. The summed E-state index contributed by atoms with van der Waals surface area (Å²) in [5, 5.41) is 2.72. The highest BCUT2D eigenvalue weighted by Gasteiger charge is 2.09. The maximum absolute atomic E-state index is 12.1. The van der Waals surface area contributed by atoms with Gasteiger partial charge in [0.25, 0.3) is 5.91 Å². The average molecular weight is 253 g/mol. The molecule has 5 nitrogen and oxygen atoms in total. The minimum atomic E-state index is -0.221. The fourth-order valence-corrected chi connectivity index (χ4v) is 1.81. The van der Waals surface area contributed by atoms with Crippen LogP contribution in [0.1, 0.15) is 16.2 Å². The second-order valence-corrected chi connectivity index (χ2v) is 4.08. The van der Waals surface area contributed by atoms with Crippen molar-refractivity contribution < 1.29 is 9.21 Å². The summed E-state index contributed by atoms with van der Waals surface area (Å²) >= 11 is 0. The summed E-state index contributed by atoms with van der Waals surface area (Å²) in [5.41, 5.74) is 1.87. The smallest absolute Gasteiger partial charge is 0.256 e. The Bertz CT molecular complexity index is 735. The van der Waals surface area contributed by atoms with Crippen molar-refractivity contribution in [3.8, 4) is 0 Å². The maximum Gasteiger partial charge on any atom is 0.256 e. The fraction of sp³-hybridized carbons (Fsp3) is 0.0714.